The van der Waals surface area contributed by atoms with Gasteiger partial charge in [-0.2, -0.15) is 0 Å². The van der Waals surface area contributed by atoms with Gasteiger partial charge >= 0.3 is 0 Å². The van der Waals surface area contributed by atoms with E-state index in [0.717, 1.165) is 57.3 Å². The molecule has 0 atom stereocenters. The summed E-state index contributed by atoms with van der Waals surface area (Å²) in [6.07, 6.45) is 4.88. The van der Waals surface area contributed by atoms with E-state index in [1.807, 2.05) is 0 Å². The van der Waals surface area contributed by atoms with E-state index in [1.165, 1.54) is 42.4 Å². The Bertz CT molecular complexity index is 1020. The topological polar surface area (TPSA) is 42.8 Å². The van der Waals surface area contributed by atoms with Crippen LogP contribution in [0.3, 0.4) is 0 Å². The maximum absolute atomic E-state index is 9.19. The van der Waals surface area contributed by atoms with Crippen LogP contribution in [0.15, 0.2) is 36.4 Å². The van der Waals surface area contributed by atoms with Crippen LogP contribution in [0.5, 0.6) is 0 Å². The fourth-order valence-electron chi connectivity index (χ4n) is 6.46. The molecule has 35 heavy (non-hydrogen) atoms. The van der Waals surface area contributed by atoms with E-state index in [0.29, 0.717) is 6.04 Å². The fourth-order valence-corrected chi connectivity index (χ4v) is 6.46. The molecule has 5 rings (SSSR count). The standard InChI is InChI=1S/C30H44N4O/c1-29(2)12-13-30(3,4)26-22-23(8-9-25(26)29)27-6-5-7-28(31-27)34-14-10-24(11-15-34)33-18-16-32(17-19-33)20-21-35/h5-9,22,24,35H,10-21H2,1-4H3. The summed E-state index contributed by atoms with van der Waals surface area (Å²) in [5.74, 6) is 1.12. The molecular formula is C30H44N4O. The quantitative estimate of drug-likeness (QED) is 0.679. The van der Waals surface area contributed by atoms with Crippen molar-refractivity contribution in [2.45, 2.75) is 70.3 Å². The van der Waals surface area contributed by atoms with Crippen molar-refractivity contribution >= 4 is 5.82 Å². The molecule has 1 aromatic heterocycles. The second-order valence-corrected chi connectivity index (χ2v) is 12.2. The number of β-amino-alcohol motifs (C(OH)–C–C–N with tert-alkyl or cyclic N) is 1. The van der Waals surface area contributed by atoms with Gasteiger partial charge < -0.3 is 10.0 Å². The highest BCUT2D eigenvalue weighted by atomic mass is 16.3. The second kappa shape index (κ2) is 9.84. The molecule has 5 heteroatoms. The highest BCUT2D eigenvalue weighted by Gasteiger charge is 2.37. The van der Waals surface area contributed by atoms with Gasteiger partial charge in [-0.15, -0.1) is 0 Å². The van der Waals surface area contributed by atoms with Crippen molar-refractivity contribution in [1.29, 1.82) is 0 Å². The van der Waals surface area contributed by atoms with Crippen LogP contribution in [0, 0.1) is 0 Å². The summed E-state index contributed by atoms with van der Waals surface area (Å²) in [5, 5.41) is 9.19. The number of aromatic nitrogens is 1. The average Bonchev–Trinajstić information content (AvgIpc) is 2.88. The number of pyridine rings is 1. The van der Waals surface area contributed by atoms with Crippen molar-refractivity contribution in [3.8, 4) is 11.3 Å². The first-order valence-corrected chi connectivity index (χ1v) is 13.7. The molecule has 0 bridgehead atoms. The van der Waals surface area contributed by atoms with Crippen molar-refractivity contribution < 1.29 is 5.11 Å². The van der Waals surface area contributed by atoms with Gasteiger partial charge in [-0.05, 0) is 65.8 Å². The minimum absolute atomic E-state index is 0.212. The molecule has 0 saturated carbocycles. The van der Waals surface area contributed by atoms with Crippen molar-refractivity contribution in [3.05, 3.63) is 47.5 Å². The molecule has 3 heterocycles. The van der Waals surface area contributed by atoms with E-state index in [2.05, 4.69) is 78.8 Å². The number of fused-ring (bicyclic) bond motifs is 1. The first kappa shape index (κ1) is 24.7. The zero-order chi connectivity index (χ0) is 24.6. The first-order valence-electron chi connectivity index (χ1n) is 13.7. The molecule has 1 aromatic carbocycles. The number of piperazine rings is 1. The Kier molecular flexibility index (Phi) is 6.95. The molecule has 2 fully saturated rings. The Morgan fingerprint density at radius 3 is 2.23 bits per heavy atom. The van der Waals surface area contributed by atoms with Crippen molar-refractivity contribution in [1.82, 2.24) is 14.8 Å². The van der Waals surface area contributed by atoms with Gasteiger partial charge in [-0.1, -0.05) is 45.9 Å². The largest absolute Gasteiger partial charge is 0.395 e. The van der Waals surface area contributed by atoms with Gasteiger partial charge in [0.05, 0.1) is 12.3 Å². The Balaban J connectivity index is 1.27. The Morgan fingerprint density at radius 1 is 0.857 bits per heavy atom. The highest BCUT2D eigenvalue weighted by molar-refractivity contribution is 5.65. The van der Waals surface area contributed by atoms with Crippen LogP contribution >= 0.6 is 0 Å². The van der Waals surface area contributed by atoms with Crippen molar-refractivity contribution in [3.63, 3.8) is 0 Å². The van der Waals surface area contributed by atoms with Crippen molar-refractivity contribution in [2.24, 2.45) is 0 Å². The third kappa shape index (κ3) is 5.14. The monoisotopic (exact) mass is 476 g/mol. The summed E-state index contributed by atoms with van der Waals surface area (Å²) in [4.78, 5) is 12.7. The number of rotatable bonds is 5. The summed E-state index contributed by atoms with van der Waals surface area (Å²) in [7, 11) is 0. The lowest BCUT2D eigenvalue weighted by molar-refractivity contribution is 0.0746. The SMILES string of the molecule is CC1(C)CCC(C)(C)c2cc(-c3cccc(N4CCC(N5CCN(CCO)CC5)CC4)n3)ccc21. The van der Waals surface area contributed by atoms with Crippen molar-refractivity contribution in [2.75, 3.05) is 57.3 Å². The maximum atomic E-state index is 9.19. The molecule has 2 saturated heterocycles. The second-order valence-electron chi connectivity index (χ2n) is 12.2. The number of anilines is 1. The van der Waals surface area contributed by atoms with Gasteiger partial charge in [-0.25, -0.2) is 4.98 Å². The van der Waals surface area contributed by atoms with Crippen LogP contribution in [-0.4, -0.2) is 78.4 Å². The number of hydrogen-bond acceptors (Lipinski definition) is 5. The minimum Gasteiger partial charge on any atom is -0.395 e. The maximum Gasteiger partial charge on any atom is 0.129 e. The van der Waals surface area contributed by atoms with E-state index in [9.17, 15) is 5.11 Å². The molecule has 0 amide bonds. The summed E-state index contributed by atoms with van der Waals surface area (Å²) in [6.45, 7) is 17.2. The zero-order valence-electron chi connectivity index (χ0n) is 22.3. The molecule has 190 valence electrons. The number of aliphatic hydroxyl groups excluding tert-OH is 1. The molecule has 2 aliphatic heterocycles. The minimum atomic E-state index is 0.212. The summed E-state index contributed by atoms with van der Waals surface area (Å²) < 4.78 is 0. The van der Waals surface area contributed by atoms with E-state index >= 15 is 0 Å². The number of nitrogens with zero attached hydrogens (tertiary/aromatic N) is 4. The fraction of sp³-hybridized carbons (Fsp3) is 0.633. The molecule has 0 radical (unpaired) electrons. The summed E-state index contributed by atoms with van der Waals surface area (Å²) >= 11 is 0. The van der Waals surface area contributed by atoms with Gasteiger partial charge in [0, 0.05) is 57.4 Å². The average molecular weight is 477 g/mol. The normalized spacial score (nSPS) is 23.3. The molecule has 3 aliphatic rings. The number of hydrogen-bond donors (Lipinski definition) is 1. The Morgan fingerprint density at radius 2 is 1.54 bits per heavy atom. The molecular weight excluding hydrogens is 432 g/mol. The molecule has 5 nitrogen and oxygen atoms in total. The van der Waals surface area contributed by atoms with Crippen LogP contribution < -0.4 is 4.90 Å². The molecule has 0 unspecified atom stereocenters. The van der Waals surface area contributed by atoms with Crippen LogP contribution in [0.1, 0.15) is 64.5 Å². The third-order valence-electron chi connectivity index (χ3n) is 9.01. The van der Waals surface area contributed by atoms with Crippen LogP contribution in [-0.2, 0) is 10.8 Å². The predicted octanol–water partition coefficient (Wildman–Crippen LogP) is 4.68. The molecule has 0 spiro atoms. The highest BCUT2D eigenvalue weighted by Crippen LogP contribution is 2.46. The summed E-state index contributed by atoms with van der Waals surface area (Å²) in [6, 6.07) is 14.3. The number of aliphatic hydroxyl groups is 1. The first-order chi connectivity index (χ1) is 16.8. The molecule has 2 aromatic rings. The van der Waals surface area contributed by atoms with E-state index < -0.39 is 0 Å². The van der Waals surface area contributed by atoms with Crippen LogP contribution in [0.2, 0.25) is 0 Å². The molecule has 1 aliphatic carbocycles. The van der Waals surface area contributed by atoms with Crippen LogP contribution in [0.25, 0.3) is 11.3 Å². The van der Waals surface area contributed by atoms with Gasteiger partial charge in [0.2, 0.25) is 0 Å². The summed E-state index contributed by atoms with van der Waals surface area (Å²) in [5.41, 5.74) is 5.79. The van der Waals surface area contributed by atoms with Gasteiger partial charge in [-0.3, -0.25) is 9.80 Å². The van der Waals surface area contributed by atoms with Crippen LogP contribution in [0.4, 0.5) is 5.82 Å². The molecule has 1 N–H and O–H groups in total. The lowest BCUT2D eigenvalue weighted by Crippen LogP contribution is -2.53. The smallest absolute Gasteiger partial charge is 0.129 e. The predicted molar refractivity (Wildman–Crippen MR) is 145 cm³/mol. The van der Waals surface area contributed by atoms with Gasteiger partial charge in [0.15, 0.2) is 0 Å². The third-order valence-corrected chi connectivity index (χ3v) is 9.01. The number of benzene rings is 1. The van der Waals surface area contributed by atoms with E-state index in [-0.39, 0.29) is 17.4 Å². The van der Waals surface area contributed by atoms with Gasteiger partial charge in [0.1, 0.15) is 5.82 Å². The van der Waals surface area contributed by atoms with E-state index in [4.69, 9.17) is 4.98 Å². The Labute approximate surface area is 212 Å². The Hall–Kier alpha value is -1.95. The zero-order valence-corrected chi connectivity index (χ0v) is 22.3. The van der Waals surface area contributed by atoms with E-state index in [1.54, 1.807) is 0 Å². The lowest BCUT2D eigenvalue weighted by atomic mass is 9.63. The lowest BCUT2D eigenvalue weighted by Gasteiger charge is -2.43. The number of piperidine rings is 1. The van der Waals surface area contributed by atoms with Gasteiger partial charge in [0.25, 0.3) is 0 Å².